The Morgan fingerprint density at radius 3 is 2.76 bits per heavy atom. The molecule has 0 aliphatic carbocycles. The Bertz CT molecular complexity index is 1110. The zero-order chi connectivity index (χ0) is 20.5. The fourth-order valence-electron chi connectivity index (χ4n) is 3.86. The number of anilines is 1. The molecule has 150 valence electrons. The number of amides is 2. The number of ether oxygens (including phenoxy) is 1. The molecule has 0 unspecified atom stereocenters. The molecule has 0 atom stereocenters. The van der Waals surface area contributed by atoms with Crippen LogP contribution in [-0.2, 0) is 18.4 Å². The number of carbonyl (C=O) groups excluding carboxylic acids is 2. The molecular weight excluding hydrogens is 373 g/mol. The third kappa shape index (κ3) is 3.44. The number of nitrogens with zero attached hydrogens (tertiary/aromatic N) is 2. The monoisotopic (exact) mass is 395 g/mol. The third-order valence-corrected chi connectivity index (χ3v) is 5.28. The van der Waals surface area contributed by atoms with Crippen molar-refractivity contribution in [3.05, 3.63) is 59.5 Å². The largest absolute Gasteiger partial charge is 0.497 e. The molecule has 6 nitrogen and oxygen atoms in total. The van der Waals surface area contributed by atoms with Gasteiger partial charge < -0.3 is 19.5 Å². The Labute approximate surface area is 167 Å². The Morgan fingerprint density at radius 1 is 1.24 bits per heavy atom. The number of hydrogen-bond acceptors (Lipinski definition) is 3. The second-order valence-corrected chi connectivity index (χ2v) is 7.10. The van der Waals surface area contributed by atoms with E-state index in [-0.39, 0.29) is 24.2 Å². The van der Waals surface area contributed by atoms with Crippen molar-refractivity contribution in [3.8, 4) is 5.75 Å². The zero-order valence-electron chi connectivity index (χ0n) is 16.4. The minimum absolute atomic E-state index is 0.000463. The first-order chi connectivity index (χ1) is 14.0. The fourth-order valence-corrected chi connectivity index (χ4v) is 3.86. The van der Waals surface area contributed by atoms with Crippen LogP contribution in [0.15, 0.2) is 42.5 Å². The molecule has 7 heteroatoms. The molecule has 1 N–H and O–H groups in total. The maximum atomic E-state index is 13.4. The standard InChI is InChI=1S/C22H22FN3O3/c1-25-18-9-8-16(29-2)12-17(18)20(26-10-4-7-19(26)27)21(25)22(28)24-13-14-5-3-6-15(23)11-14/h3,5-6,8-9,11-12H,4,7,10,13H2,1-2H3,(H,24,28). The highest BCUT2D eigenvalue weighted by atomic mass is 19.1. The van der Waals surface area contributed by atoms with Crippen LogP contribution in [0, 0.1) is 5.82 Å². The van der Waals surface area contributed by atoms with E-state index in [1.165, 1.54) is 12.1 Å². The highest BCUT2D eigenvalue weighted by molar-refractivity contribution is 6.14. The van der Waals surface area contributed by atoms with Crippen molar-refractivity contribution in [2.75, 3.05) is 18.6 Å². The van der Waals surface area contributed by atoms with Gasteiger partial charge in [-0.05, 0) is 42.3 Å². The summed E-state index contributed by atoms with van der Waals surface area (Å²) < 4.78 is 20.6. The van der Waals surface area contributed by atoms with Gasteiger partial charge in [0.1, 0.15) is 17.3 Å². The second-order valence-electron chi connectivity index (χ2n) is 7.10. The molecule has 0 spiro atoms. The Hall–Kier alpha value is -3.35. The molecule has 1 aliphatic rings. The SMILES string of the molecule is COc1ccc2c(c1)c(N1CCCC1=O)c(C(=O)NCc1cccc(F)c1)n2C. The summed E-state index contributed by atoms with van der Waals surface area (Å²) in [6, 6.07) is 11.7. The van der Waals surface area contributed by atoms with E-state index >= 15 is 0 Å². The first kappa shape index (κ1) is 19.0. The molecule has 2 heterocycles. The van der Waals surface area contributed by atoms with Crippen molar-refractivity contribution >= 4 is 28.4 Å². The van der Waals surface area contributed by atoms with Crippen LogP contribution >= 0.6 is 0 Å². The van der Waals surface area contributed by atoms with E-state index in [2.05, 4.69) is 5.32 Å². The summed E-state index contributed by atoms with van der Waals surface area (Å²) in [4.78, 5) is 27.3. The number of nitrogens with one attached hydrogen (secondary N) is 1. The number of halogens is 1. The molecule has 3 aromatic rings. The lowest BCUT2D eigenvalue weighted by molar-refractivity contribution is -0.117. The number of methoxy groups -OCH3 is 1. The van der Waals surface area contributed by atoms with Crippen LogP contribution in [0.3, 0.4) is 0 Å². The van der Waals surface area contributed by atoms with Gasteiger partial charge in [-0.15, -0.1) is 0 Å². The van der Waals surface area contributed by atoms with Gasteiger partial charge in [0, 0.05) is 31.9 Å². The molecule has 2 aromatic carbocycles. The van der Waals surface area contributed by atoms with Gasteiger partial charge in [0.2, 0.25) is 5.91 Å². The molecule has 0 bridgehead atoms. The van der Waals surface area contributed by atoms with Gasteiger partial charge in [-0.25, -0.2) is 4.39 Å². The molecule has 1 aliphatic heterocycles. The molecular formula is C22H22FN3O3. The van der Waals surface area contributed by atoms with Crippen molar-refractivity contribution in [1.29, 1.82) is 0 Å². The van der Waals surface area contributed by atoms with Crippen LogP contribution < -0.4 is 15.0 Å². The molecule has 1 aromatic heterocycles. The highest BCUT2D eigenvalue weighted by Gasteiger charge is 2.31. The van der Waals surface area contributed by atoms with E-state index < -0.39 is 0 Å². The number of fused-ring (bicyclic) bond motifs is 1. The Kier molecular flexibility index (Phi) is 4.96. The van der Waals surface area contributed by atoms with E-state index in [1.807, 2.05) is 18.2 Å². The van der Waals surface area contributed by atoms with Crippen LogP contribution in [0.5, 0.6) is 5.75 Å². The van der Waals surface area contributed by atoms with Gasteiger partial charge in [0.05, 0.1) is 18.3 Å². The van der Waals surface area contributed by atoms with Crippen LogP contribution in [0.2, 0.25) is 0 Å². The Morgan fingerprint density at radius 2 is 2.07 bits per heavy atom. The van der Waals surface area contributed by atoms with Crippen molar-refractivity contribution < 1.29 is 18.7 Å². The van der Waals surface area contributed by atoms with Gasteiger partial charge in [0.25, 0.3) is 5.91 Å². The number of hydrogen-bond donors (Lipinski definition) is 1. The number of rotatable bonds is 5. The topological polar surface area (TPSA) is 63.6 Å². The molecule has 0 saturated carbocycles. The van der Waals surface area contributed by atoms with Gasteiger partial charge in [0.15, 0.2) is 0 Å². The quantitative estimate of drug-likeness (QED) is 0.720. The molecule has 0 radical (unpaired) electrons. The van der Waals surface area contributed by atoms with Gasteiger partial charge in [-0.2, -0.15) is 0 Å². The smallest absolute Gasteiger partial charge is 0.270 e. The lowest BCUT2D eigenvalue weighted by atomic mass is 10.1. The summed E-state index contributed by atoms with van der Waals surface area (Å²) in [7, 11) is 3.38. The van der Waals surface area contributed by atoms with E-state index in [9.17, 15) is 14.0 Å². The van der Waals surface area contributed by atoms with Crippen LogP contribution in [-0.4, -0.2) is 30.0 Å². The maximum Gasteiger partial charge on any atom is 0.270 e. The van der Waals surface area contributed by atoms with Crippen LogP contribution in [0.25, 0.3) is 10.9 Å². The summed E-state index contributed by atoms with van der Waals surface area (Å²) in [5, 5.41) is 3.65. The summed E-state index contributed by atoms with van der Waals surface area (Å²) in [5.41, 5.74) is 2.49. The highest BCUT2D eigenvalue weighted by Crippen LogP contribution is 2.37. The van der Waals surface area contributed by atoms with Gasteiger partial charge >= 0.3 is 0 Å². The molecule has 1 saturated heterocycles. The predicted molar refractivity (Wildman–Crippen MR) is 109 cm³/mol. The van der Waals surface area contributed by atoms with E-state index in [0.717, 1.165) is 17.3 Å². The first-order valence-electron chi connectivity index (χ1n) is 9.49. The lowest BCUT2D eigenvalue weighted by Crippen LogP contribution is -2.30. The summed E-state index contributed by atoms with van der Waals surface area (Å²) in [6.45, 7) is 0.758. The molecule has 29 heavy (non-hydrogen) atoms. The van der Waals surface area contributed by atoms with Crippen LogP contribution in [0.1, 0.15) is 28.9 Å². The lowest BCUT2D eigenvalue weighted by Gasteiger charge is -2.18. The number of aromatic nitrogens is 1. The van der Waals surface area contributed by atoms with E-state index in [4.69, 9.17) is 4.74 Å². The average molecular weight is 395 g/mol. The first-order valence-corrected chi connectivity index (χ1v) is 9.49. The maximum absolute atomic E-state index is 13.4. The minimum Gasteiger partial charge on any atom is -0.497 e. The fraction of sp³-hybridized carbons (Fsp3) is 0.273. The third-order valence-electron chi connectivity index (χ3n) is 5.28. The van der Waals surface area contributed by atoms with Crippen LogP contribution in [0.4, 0.5) is 10.1 Å². The van der Waals surface area contributed by atoms with Gasteiger partial charge in [-0.1, -0.05) is 12.1 Å². The summed E-state index contributed by atoms with van der Waals surface area (Å²) in [6.07, 6.45) is 1.22. The normalized spacial score (nSPS) is 13.9. The predicted octanol–water partition coefficient (Wildman–Crippen LogP) is 3.38. The Balaban J connectivity index is 1.76. The second kappa shape index (κ2) is 7.58. The van der Waals surface area contributed by atoms with Crippen molar-refractivity contribution in [3.63, 3.8) is 0 Å². The van der Waals surface area contributed by atoms with Crippen molar-refractivity contribution in [1.82, 2.24) is 9.88 Å². The molecule has 2 amide bonds. The van der Waals surface area contributed by atoms with E-state index in [0.29, 0.717) is 35.7 Å². The summed E-state index contributed by atoms with van der Waals surface area (Å²) >= 11 is 0. The number of carbonyl (C=O) groups is 2. The molecule has 4 rings (SSSR count). The number of benzene rings is 2. The summed E-state index contributed by atoms with van der Waals surface area (Å²) in [5.74, 6) is -0.0133. The molecule has 1 fully saturated rings. The zero-order valence-corrected chi connectivity index (χ0v) is 16.4. The average Bonchev–Trinajstić information content (AvgIpc) is 3.26. The van der Waals surface area contributed by atoms with Crippen molar-refractivity contribution in [2.24, 2.45) is 7.05 Å². The van der Waals surface area contributed by atoms with E-state index in [1.54, 1.807) is 35.8 Å². The van der Waals surface area contributed by atoms with Crippen molar-refractivity contribution in [2.45, 2.75) is 19.4 Å². The minimum atomic E-state index is -0.350. The van der Waals surface area contributed by atoms with Gasteiger partial charge in [-0.3, -0.25) is 9.59 Å². The number of aryl methyl sites for hydroxylation is 1.